The van der Waals surface area contributed by atoms with Crippen LogP contribution in [-0.2, 0) is 4.79 Å². The number of halogens is 1. The largest absolute Gasteiger partial charge is 0.298 e. The van der Waals surface area contributed by atoms with Crippen molar-refractivity contribution < 1.29 is 4.79 Å². The van der Waals surface area contributed by atoms with Crippen LogP contribution in [0.2, 0.25) is 0 Å². The molecule has 0 heterocycles. The van der Waals surface area contributed by atoms with Crippen molar-refractivity contribution in [1.82, 2.24) is 0 Å². The molecule has 1 nitrogen and oxygen atoms in total. The molecule has 0 aromatic carbocycles. The number of carbonyl (C=O) groups is 1. The van der Waals surface area contributed by atoms with Crippen LogP contribution in [0.4, 0.5) is 0 Å². The summed E-state index contributed by atoms with van der Waals surface area (Å²) in [7, 11) is 0. The molecule has 1 aliphatic carbocycles. The monoisotopic (exact) mass is 242 g/mol. The minimum absolute atomic E-state index is 0.332. The van der Waals surface area contributed by atoms with Crippen LogP contribution in [0.1, 0.15) is 53.4 Å². The number of aldehydes is 1. The van der Waals surface area contributed by atoms with Crippen LogP contribution >= 0.6 is 11.6 Å². The van der Waals surface area contributed by atoms with Gasteiger partial charge in [-0.2, -0.15) is 0 Å². The fraction of sp³-hybridized carbons (Fsp3) is 0.786. The maximum Gasteiger partial charge on any atom is 0.147 e. The highest BCUT2D eigenvalue weighted by Gasteiger charge is 2.37. The van der Waals surface area contributed by atoms with Gasteiger partial charge < -0.3 is 0 Å². The minimum atomic E-state index is 0.332. The fourth-order valence-corrected chi connectivity index (χ4v) is 3.14. The first-order chi connectivity index (χ1) is 7.38. The van der Waals surface area contributed by atoms with Gasteiger partial charge in [0.15, 0.2) is 0 Å². The molecule has 2 unspecified atom stereocenters. The summed E-state index contributed by atoms with van der Waals surface area (Å²) >= 11 is 5.95. The average Bonchev–Trinajstić information content (AvgIpc) is 2.16. The van der Waals surface area contributed by atoms with E-state index < -0.39 is 0 Å². The SMILES string of the molecule is C/C(Cl)=C(/C=O)CC1C(C)CCCC1(C)C. The van der Waals surface area contributed by atoms with Crippen molar-refractivity contribution in [2.24, 2.45) is 17.3 Å². The summed E-state index contributed by atoms with van der Waals surface area (Å²) in [6.07, 6.45) is 5.62. The Labute approximate surface area is 104 Å². The molecule has 16 heavy (non-hydrogen) atoms. The smallest absolute Gasteiger partial charge is 0.147 e. The standard InChI is InChI=1S/C14H23ClO/c1-10-6-5-7-14(3,4)13(10)8-12(9-16)11(2)15/h9-10,13H,5-8H2,1-4H3/b12-11-. The van der Waals surface area contributed by atoms with Gasteiger partial charge in [0.2, 0.25) is 0 Å². The highest BCUT2D eigenvalue weighted by Crippen LogP contribution is 2.46. The Morgan fingerprint density at radius 1 is 1.50 bits per heavy atom. The van der Waals surface area contributed by atoms with Gasteiger partial charge in [0.05, 0.1) is 0 Å². The summed E-state index contributed by atoms with van der Waals surface area (Å²) in [6, 6.07) is 0. The molecular formula is C14H23ClO. The van der Waals surface area contributed by atoms with Crippen LogP contribution in [-0.4, -0.2) is 6.29 Å². The predicted octanol–water partition coefficient (Wildman–Crippen LogP) is 4.55. The van der Waals surface area contributed by atoms with E-state index in [1.54, 1.807) is 0 Å². The Morgan fingerprint density at radius 3 is 2.56 bits per heavy atom. The molecular weight excluding hydrogens is 220 g/mol. The zero-order chi connectivity index (χ0) is 12.3. The highest BCUT2D eigenvalue weighted by molar-refractivity contribution is 6.30. The number of allylic oxidation sites excluding steroid dienone is 2. The van der Waals surface area contributed by atoms with Crippen molar-refractivity contribution in [3.63, 3.8) is 0 Å². The third-order valence-corrected chi connectivity index (χ3v) is 4.44. The average molecular weight is 243 g/mol. The van der Waals surface area contributed by atoms with Crippen LogP contribution in [0.3, 0.4) is 0 Å². The number of hydrogen-bond acceptors (Lipinski definition) is 1. The topological polar surface area (TPSA) is 17.1 Å². The first-order valence-corrected chi connectivity index (χ1v) is 6.56. The third kappa shape index (κ3) is 3.10. The van der Waals surface area contributed by atoms with Gasteiger partial charge in [-0.15, -0.1) is 0 Å². The van der Waals surface area contributed by atoms with Crippen molar-refractivity contribution in [2.45, 2.75) is 53.4 Å². The zero-order valence-corrected chi connectivity index (χ0v) is 11.6. The Bertz CT molecular complexity index is 287. The first kappa shape index (κ1) is 13.8. The molecule has 2 heteroatoms. The molecule has 1 aliphatic rings. The van der Waals surface area contributed by atoms with Crippen molar-refractivity contribution in [1.29, 1.82) is 0 Å². The molecule has 0 radical (unpaired) electrons. The highest BCUT2D eigenvalue weighted by atomic mass is 35.5. The lowest BCUT2D eigenvalue weighted by Crippen LogP contribution is -2.34. The second-order valence-electron chi connectivity index (χ2n) is 5.85. The van der Waals surface area contributed by atoms with Gasteiger partial charge in [0.1, 0.15) is 6.29 Å². The summed E-state index contributed by atoms with van der Waals surface area (Å²) < 4.78 is 0. The fourth-order valence-electron chi connectivity index (χ4n) is 3.02. The van der Waals surface area contributed by atoms with Crippen LogP contribution in [0, 0.1) is 17.3 Å². The second-order valence-corrected chi connectivity index (χ2v) is 6.41. The van der Waals surface area contributed by atoms with E-state index in [4.69, 9.17) is 11.6 Å². The van der Waals surface area contributed by atoms with Gasteiger partial charge in [0.25, 0.3) is 0 Å². The van der Waals surface area contributed by atoms with Crippen LogP contribution in [0.5, 0.6) is 0 Å². The normalized spacial score (nSPS) is 30.8. The van der Waals surface area contributed by atoms with Gasteiger partial charge in [-0.1, -0.05) is 45.2 Å². The maximum absolute atomic E-state index is 11.0. The molecule has 0 N–H and O–H groups in total. The molecule has 1 saturated carbocycles. The Balaban J connectivity index is 2.84. The summed E-state index contributed by atoms with van der Waals surface area (Å²) in [5.74, 6) is 1.27. The molecule has 0 spiro atoms. The van der Waals surface area contributed by atoms with E-state index in [0.29, 0.717) is 22.3 Å². The van der Waals surface area contributed by atoms with Gasteiger partial charge in [0, 0.05) is 10.6 Å². The van der Waals surface area contributed by atoms with Gasteiger partial charge in [-0.3, -0.25) is 4.79 Å². The van der Waals surface area contributed by atoms with Gasteiger partial charge in [-0.25, -0.2) is 0 Å². The van der Waals surface area contributed by atoms with Gasteiger partial charge in [-0.05, 0) is 37.0 Å². The van der Waals surface area contributed by atoms with E-state index >= 15 is 0 Å². The van der Waals surface area contributed by atoms with E-state index in [1.807, 2.05) is 6.92 Å². The van der Waals surface area contributed by atoms with Crippen molar-refractivity contribution in [2.75, 3.05) is 0 Å². The number of carbonyl (C=O) groups excluding carboxylic acids is 1. The van der Waals surface area contributed by atoms with Crippen LogP contribution in [0.25, 0.3) is 0 Å². The molecule has 0 aromatic heterocycles. The summed E-state index contributed by atoms with van der Waals surface area (Å²) in [6.45, 7) is 8.75. The number of hydrogen-bond donors (Lipinski definition) is 0. The van der Waals surface area contributed by atoms with Crippen LogP contribution in [0.15, 0.2) is 10.6 Å². The molecule has 0 bridgehead atoms. The van der Waals surface area contributed by atoms with Crippen molar-refractivity contribution in [3.8, 4) is 0 Å². The van der Waals surface area contributed by atoms with E-state index in [-0.39, 0.29) is 0 Å². The summed E-state index contributed by atoms with van der Waals surface area (Å²) in [5, 5.41) is 0.656. The minimum Gasteiger partial charge on any atom is -0.298 e. The van der Waals surface area contributed by atoms with E-state index in [2.05, 4.69) is 20.8 Å². The lowest BCUT2D eigenvalue weighted by molar-refractivity contribution is -0.105. The molecule has 1 rings (SSSR count). The molecule has 2 atom stereocenters. The first-order valence-electron chi connectivity index (χ1n) is 6.19. The van der Waals surface area contributed by atoms with Crippen molar-refractivity contribution >= 4 is 17.9 Å². The van der Waals surface area contributed by atoms with E-state index in [1.165, 1.54) is 19.3 Å². The third-order valence-electron chi connectivity index (χ3n) is 4.20. The Hall–Kier alpha value is -0.300. The maximum atomic E-state index is 11.0. The Morgan fingerprint density at radius 2 is 2.12 bits per heavy atom. The lowest BCUT2D eigenvalue weighted by Gasteiger charge is -2.43. The molecule has 0 saturated heterocycles. The molecule has 92 valence electrons. The quantitative estimate of drug-likeness (QED) is 0.524. The van der Waals surface area contributed by atoms with Gasteiger partial charge >= 0.3 is 0 Å². The molecule has 0 aliphatic heterocycles. The molecule has 0 amide bonds. The summed E-state index contributed by atoms with van der Waals surface area (Å²) in [5.41, 5.74) is 1.12. The number of rotatable bonds is 3. The predicted molar refractivity (Wildman–Crippen MR) is 69.5 cm³/mol. The van der Waals surface area contributed by atoms with E-state index in [9.17, 15) is 4.79 Å². The van der Waals surface area contributed by atoms with E-state index in [0.717, 1.165) is 18.3 Å². The van der Waals surface area contributed by atoms with Crippen LogP contribution < -0.4 is 0 Å². The molecule has 0 aromatic rings. The molecule has 1 fully saturated rings. The summed E-state index contributed by atoms with van der Waals surface area (Å²) in [4.78, 5) is 11.0. The second kappa shape index (κ2) is 5.35. The van der Waals surface area contributed by atoms with Crippen molar-refractivity contribution in [3.05, 3.63) is 10.6 Å². The zero-order valence-electron chi connectivity index (χ0n) is 10.8. The Kier molecular flexibility index (Phi) is 4.61. The lowest BCUT2D eigenvalue weighted by atomic mass is 9.62.